The van der Waals surface area contributed by atoms with Crippen LogP contribution >= 0.6 is 0 Å². The lowest BCUT2D eigenvalue weighted by molar-refractivity contribution is -0.116. The van der Waals surface area contributed by atoms with Crippen molar-refractivity contribution in [2.45, 2.75) is 40.7 Å². The van der Waals surface area contributed by atoms with Gasteiger partial charge in [0.1, 0.15) is 11.8 Å². The van der Waals surface area contributed by atoms with E-state index in [4.69, 9.17) is 4.74 Å². The number of benzene rings is 2. The van der Waals surface area contributed by atoms with Crippen LogP contribution in [0.25, 0.3) is 0 Å². The summed E-state index contributed by atoms with van der Waals surface area (Å²) in [5.74, 6) is 0.269. The minimum absolute atomic E-state index is 0.156. The number of carbonyl (C=O) groups excluding carboxylic acids is 2. The van der Waals surface area contributed by atoms with Gasteiger partial charge in [-0.05, 0) is 57.0 Å². The van der Waals surface area contributed by atoms with Gasteiger partial charge < -0.3 is 20.7 Å². The van der Waals surface area contributed by atoms with Gasteiger partial charge in [-0.15, -0.1) is 0 Å². The molecule has 144 valence electrons. The molecule has 0 aliphatic heterocycles. The van der Waals surface area contributed by atoms with E-state index in [0.29, 0.717) is 17.1 Å². The molecule has 0 aliphatic carbocycles. The summed E-state index contributed by atoms with van der Waals surface area (Å²) in [6.45, 7) is 9.21. The summed E-state index contributed by atoms with van der Waals surface area (Å²) in [4.78, 5) is 24.0. The highest BCUT2D eigenvalue weighted by molar-refractivity contribution is 5.98. The molecule has 2 aromatic rings. The van der Waals surface area contributed by atoms with Gasteiger partial charge in [0.2, 0.25) is 11.8 Å². The molecule has 0 fully saturated rings. The van der Waals surface area contributed by atoms with Crippen molar-refractivity contribution in [1.82, 2.24) is 0 Å². The first kappa shape index (κ1) is 20.3. The molecule has 0 unspecified atom stereocenters. The number of carbonyl (C=O) groups is 2. The average molecular weight is 369 g/mol. The predicted molar refractivity (Wildman–Crippen MR) is 110 cm³/mol. The number of methoxy groups -OCH3 is 1. The lowest BCUT2D eigenvalue weighted by Gasteiger charge is -2.20. The largest absolute Gasteiger partial charge is 0.495 e. The highest BCUT2D eigenvalue weighted by atomic mass is 16.5. The maximum absolute atomic E-state index is 12.7. The van der Waals surface area contributed by atoms with E-state index in [2.05, 4.69) is 16.0 Å². The molecule has 6 heteroatoms. The van der Waals surface area contributed by atoms with Crippen molar-refractivity contribution in [3.8, 4) is 5.75 Å². The lowest BCUT2D eigenvalue weighted by Crippen LogP contribution is -2.32. The van der Waals surface area contributed by atoms with Crippen LogP contribution in [0.5, 0.6) is 5.75 Å². The second-order valence-corrected chi connectivity index (χ2v) is 6.73. The maximum Gasteiger partial charge on any atom is 0.246 e. The molecule has 0 radical (unpaired) electrons. The van der Waals surface area contributed by atoms with Crippen LogP contribution < -0.4 is 20.7 Å². The summed E-state index contributed by atoms with van der Waals surface area (Å²) in [6.07, 6.45) is 0. The summed E-state index contributed by atoms with van der Waals surface area (Å²) in [5, 5.41) is 8.88. The quantitative estimate of drug-likeness (QED) is 0.719. The number of ether oxygens (including phenoxy) is 1. The van der Waals surface area contributed by atoms with E-state index in [1.165, 1.54) is 6.92 Å². The Morgan fingerprint density at radius 2 is 1.63 bits per heavy atom. The summed E-state index contributed by atoms with van der Waals surface area (Å²) >= 11 is 0. The van der Waals surface area contributed by atoms with E-state index in [-0.39, 0.29) is 11.8 Å². The first-order valence-electron chi connectivity index (χ1n) is 8.82. The zero-order chi connectivity index (χ0) is 20.1. The van der Waals surface area contributed by atoms with Crippen LogP contribution in [0, 0.1) is 20.8 Å². The molecule has 0 aliphatic rings. The molecule has 3 N–H and O–H groups in total. The second kappa shape index (κ2) is 8.58. The third-order valence-corrected chi connectivity index (χ3v) is 4.21. The third-order valence-electron chi connectivity index (χ3n) is 4.21. The summed E-state index contributed by atoms with van der Waals surface area (Å²) in [5.41, 5.74) is 5.30. The molecule has 1 atom stereocenters. The molecule has 0 saturated heterocycles. The van der Waals surface area contributed by atoms with Crippen LogP contribution in [-0.4, -0.2) is 25.0 Å². The van der Waals surface area contributed by atoms with Crippen molar-refractivity contribution in [3.63, 3.8) is 0 Å². The lowest BCUT2D eigenvalue weighted by atomic mass is 10.0. The number of anilines is 3. The number of hydrogen-bond acceptors (Lipinski definition) is 4. The average Bonchev–Trinajstić information content (AvgIpc) is 2.57. The third kappa shape index (κ3) is 5.23. The van der Waals surface area contributed by atoms with Crippen molar-refractivity contribution < 1.29 is 14.3 Å². The van der Waals surface area contributed by atoms with Crippen molar-refractivity contribution >= 4 is 28.9 Å². The van der Waals surface area contributed by atoms with Gasteiger partial charge in [-0.2, -0.15) is 0 Å². The molecule has 2 aromatic carbocycles. The van der Waals surface area contributed by atoms with Crippen LogP contribution in [0.4, 0.5) is 17.1 Å². The van der Waals surface area contributed by atoms with Gasteiger partial charge in [0.05, 0.1) is 12.8 Å². The van der Waals surface area contributed by atoms with E-state index >= 15 is 0 Å². The minimum atomic E-state index is -0.508. The Labute approximate surface area is 160 Å². The van der Waals surface area contributed by atoms with E-state index in [1.807, 2.05) is 32.9 Å². The van der Waals surface area contributed by atoms with Crippen LogP contribution in [0.15, 0.2) is 30.3 Å². The van der Waals surface area contributed by atoms with Crippen LogP contribution in [-0.2, 0) is 9.59 Å². The molecule has 0 saturated carbocycles. The summed E-state index contributed by atoms with van der Waals surface area (Å²) in [6, 6.07) is 8.81. The van der Waals surface area contributed by atoms with E-state index in [9.17, 15) is 9.59 Å². The second-order valence-electron chi connectivity index (χ2n) is 6.73. The standard InChI is InChI=1S/C21H27N3O3/c1-12-9-13(2)20(14(3)10-12)24-21(26)15(4)22-18-11-17(23-16(5)25)7-8-19(18)27-6/h7-11,15,22H,1-6H3,(H,23,25)(H,24,26)/t15-/m1/s1. The van der Waals surface area contributed by atoms with E-state index < -0.39 is 6.04 Å². The SMILES string of the molecule is COc1ccc(NC(C)=O)cc1N[C@H](C)C(=O)Nc1c(C)cc(C)cc1C. The normalized spacial score (nSPS) is 11.5. The van der Waals surface area contributed by atoms with Crippen molar-refractivity contribution in [1.29, 1.82) is 0 Å². The van der Waals surface area contributed by atoms with Crippen LogP contribution in [0.2, 0.25) is 0 Å². The van der Waals surface area contributed by atoms with Gasteiger partial charge in [0.15, 0.2) is 0 Å². The topological polar surface area (TPSA) is 79.5 Å². The van der Waals surface area contributed by atoms with Gasteiger partial charge >= 0.3 is 0 Å². The van der Waals surface area contributed by atoms with E-state index in [1.54, 1.807) is 32.2 Å². The zero-order valence-corrected chi connectivity index (χ0v) is 16.7. The molecule has 6 nitrogen and oxygen atoms in total. The summed E-state index contributed by atoms with van der Waals surface area (Å²) < 4.78 is 5.35. The van der Waals surface area contributed by atoms with Gasteiger partial charge in [0.25, 0.3) is 0 Å². The van der Waals surface area contributed by atoms with E-state index in [0.717, 1.165) is 22.4 Å². The van der Waals surface area contributed by atoms with Crippen molar-refractivity contribution in [3.05, 3.63) is 47.0 Å². The fraction of sp³-hybridized carbons (Fsp3) is 0.333. The zero-order valence-electron chi connectivity index (χ0n) is 16.7. The fourth-order valence-electron chi connectivity index (χ4n) is 3.01. The number of nitrogens with one attached hydrogen (secondary N) is 3. The molecule has 0 spiro atoms. The molecular formula is C21H27N3O3. The molecule has 2 rings (SSSR count). The Hall–Kier alpha value is -3.02. The molecular weight excluding hydrogens is 342 g/mol. The Morgan fingerprint density at radius 1 is 1.00 bits per heavy atom. The molecule has 0 heterocycles. The first-order valence-corrected chi connectivity index (χ1v) is 8.82. The maximum atomic E-state index is 12.7. The minimum Gasteiger partial charge on any atom is -0.495 e. The molecule has 27 heavy (non-hydrogen) atoms. The Bertz CT molecular complexity index is 839. The number of hydrogen-bond donors (Lipinski definition) is 3. The first-order chi connectivity index (χ1) is 12.7. The summed E-state index contributed by atoms with van der Waals surface area (Å²) in [7, 11) is 1.56. The van der Waals surface area contributed by atoms with Gasteiger partial charge in [-0.3, -0.25) is 9.59 Å². The highest BCUT2D eigenvalue weighted by Gasteiger charge is 2.17. The predicted octanol–water partition coefficient (Wildman–Crippen LogP) is 4.02. The number of rotatable bonds is 6. The molecule has 0 bridgehead atoms. The Morgan fingerprint density at radius 3 is 2.19 bits per heavy atom. The van der Waals surface area contributed by atoms with Crippen molar-refractivity contribution in [2.24, 2.45) is 0 Å². The molecule has 2 amide bonds. The smallest absolute Gasteiger partial charge is 0.246 e. The van der Waals surface area contributed by atoms with Crippen LogP contribution in [0.1, 0.15) is 30.5 Å². The number of amides is 2. The Kier molecular flexibility index (Phi) is 6.45. The van der Waals surface area contributed by atoms with Gasteiger partial charge in [-0.25, -0.2) is 0 Å². The molecule has 0 aromatic heterocycles. The van der Waals surface area contributed by atoms with Crippen molar-refractivity contribution in [2.75, 3.05) is 23.1 Å². The van der Waals surface area contributed by atoms with Gasteiger partial charge in [-0.1, -0.05) is 17.7 Å². The Balaban J connectivity index is 2.17. The highest BCUT2D eigenvalue weighted by Crippen LogP contribution is 2.29. The monoisotopic (exact) mass is 369 g/mol. The number of aryl methyl sites for hydroxylation is 3. The fourth-order valence-corrected chi connectivity index (χ4v) is 3.01. The van der Waals surface area contributed by atoms with Gasteiger partial charge in [0, 0.05) is 18.3 Å². The van der Waals surface area contributed by atoms with Crippen LogP contribution in [0.3, 0.4) is 0 Å².